The van der Waals surface area contributed by atoms with Gasteiger partial charge in [0.1, 0.15) is 17.4 Å². The van der Waals surface area contributed by atoms with Crippen molar-refractivity contribution in [2.45, 2.75) is 0 Å². The fourth-order valence-corrected chi connectivity index (χ4v) is 3.26. The first kappa shape index (κ1) is 18.3. The molecule has 6 nitrogen and oxygen atoms in total. The first-order valence-electron chi connectivity index (χ1n) is 9.50. The van der Waals surface area contributed by atoms with Crippen molar-refractivity contribution in [3.05, 3.63) is 60.7 Å². The average Bonchev–Trinajstić information content (AvgIpc) is 2.75. The maximum Gasteiger partial charge on any atom is 0.163 e. The summed E-state index contributed by atoms with van der Waals surface area (Å²) in [5, 5.41) is 3.41. The molecule has 0 saturated carbocycles. The summed E-state index contributed by atoms with van der Waals surface area (Å²) in [5.74, 6) is 3.26. The predicted octanol–water partition coefficient (Wildman–Crippen LogP) is 3.65. The van der Waals surface area contributed by atoms with Gasteiger partial charge in [-0.05, 0) is 19.2 Å². The minimum Gasteiger partial charge on any atom is -0.497 e. The van der Waals surface area contributed by atoms with Crippen LogP contribution in [-0.4, -0.2) is 55.2 Å². The quantitative estimate of drug-likeness (QED) is 0.735. The highest BCUT2D eigenvalue weighted by Gasteiger charge is 2.17. The maximum absolute atomic E-state index is 5.33. The van der Waals surface area contributed by atoms with Crippen LogP contribution in [0.3, 0.4) is 0 Å². The van der Waals surface area contributed by atoms with Crippen LogP contribution in [0.5, 0.6) is 5.75 Å². The monoisotopic (exact) mass is 375 g/mol. The summed E-state index contributed by atoms with van der Waals surface area (Å²) in [6.07, 6.45) is 0. The van der Waals surface area contributed by atoms with Crippen LogP contribution in [0.25, 0.3) is 11.4 Å². The zero-order valence-electron chi connectivity index (χ0n) is 16.3. The van der Waals surface area contributed by atoms with Gasteiger partial charge in [0, 0.05) is 49.6 Å². The third kappa shape index (κ3) is 4.23. The number of aromatic nitrogens is 2. The highest BCUT2D eigenvalue weighted by atomic mass is 16.5. The van der Waals surface area contributed by atoms with Gasteiger partial charge in [-0.3, -0.25) is 0 Å². The summed E-state index contributed by atoms with van der Waals surface area (Å²) >= 11 is 0. The molecule has 6 heteroatoms. The van der Waals surface area contributed by atoms with Crippen molar-refractivity contribution in [2.75, 3.05) is 50.6 Å². The van der Waals surface area contributed by atoms with E-state index < -0.39 is 0 Å². The molecule has 1 N–H and O–H groups in total. The third-order valence-electron chi connectivity index (χ3n) is 4.91. The number of ether oxygens (including phenoxy) is 1. The molecule has 2 heterocycles. The van der Waals surface area contributed by atoms with Crippen LogP contribution in [-0.2, 0) is 0 Å². The van der Waals surface area contributed by atoms with E-state index in [-0.39, 0.29) is 0 Å². The molecule has 1 aliphatic heterocycles. The number of nitrogens with zero attached hydrogens (tertiary/aromatic N) is 4. The van der Waals surface area contributed by atoms with Crippen LogP contribution in [0.15, 0.2) is 60.7 Å². The highest BCUT2D eigenvalue weighted by Crippen LogP contribution is 2.26. The Bertz CT molecular complexity index is 923. The molecule has 0 spiro atoms. The van der Waals surface area contributed by atoms with E-state index in [2.05, 4.69) is 22.2 Å². The molecule has 3 aromatic rings. The molecule has 0 amide bonds. The average molecular weight is 375 g/mol. The van der Waals surface area contributed by atoms with Gasteiger partial charge in [-0.1, -0.05) is 36.4 Å². The summed E-state index contributed by atoms with van der Waals surface area (Å²) in [4.78, 5) is 14.3. The second kappa shape index (κ2) is 8.27. The first-order chi connectivity index (χ1) is 13.7. The molecule has 1 aliphatic rings. The predicted molar refractivity (Wildman–Crippen MR) is 113 cm³/mol. The van der Waals surface area contributed by atoms with Crippen molar-refractivity contribution in [1.82, 2.24) is 14.9 Å². The van der Waals surface area contributed by atoms with E-state index in [0.29, 0.717) is 0 Å². The molecule has 4 rings (SSSR count). The van der Waals surface area contributed by atoms with E-state index in [1.54, 1.807) is 7.11 Å². The lowest BCUT2D eigenvalue weighted by Crippen LogP contribution is -2.44. The number of piperazine rings is 1. The molecule has 0 atom stereocenters. The minimum atomic E-state index is 0.724. The smallest absolute Gasteiger partial charge is 0.163 e. The van der Waals surface area contributed by atoms with E-state index >= 15 is 0 Å². The van der Waals surface area contributed by atoms with Crippen LogP contribution in [0.2, 0.25) is 0 Å². The highest BCUT2D eigenvalue weighted by molar-refractivity contribution is 5.66. The van der Waals surface area contributed by atoms with Gasteiger partial charge in [-0.15, -0.1) is 0 Å². The molecular weight excluding hydrogens is 350 g/mol. The lowest BCUT2D eigenvalue weighted by molar-refractivity contribution is 0.312. The molecule has 144 valence electrons. The lowest BCUT2D eigenvalue weighted by Gasteiger charge is -2.33. The molecule has 1 fully saturated rings. The number of nitrogens with one attached hydrogen (secondary N) is 1. The van der Waals surface area contributed by atoms with E-state index in [1.165, 1.54) is 0 Å². The van der Waals surface area contributed by atoms with Crippen LogP contribution in [0.4, 0.5) is 17.3 Å². The molecule has 1 aromatic heterocycles. The number of anilines is 3. The number of rotatable bonds is 5. The minimum absolute atomic E-state index is 0.724. The number of likely N-dealkylation sites (N-methyl/N-ethyl adjacent to an activating group) is 1. The number of hydrogen-bond donors (Lipinski definition) is 1. The van der Waals surface area contributed by atoms with Gasteiger partial charge < -0.3 is 19.9 Å². The third-order valence-corrected chi connectivity index (χ3v) is 4.91. The number of methoxy groups -OCH3 is 1. The van der Waals surface area contributed by atoms with Crippen molar-refractivity contribution in [2.24, 2.45) is 0 Å². The van der Waals surface area contributed by atoms with Crippen LogP contribution in [0.1, 0.15) is 0 Å². The van der Waals surface area contributed by atoms with Gasteiger partial charge in [0.05, 0.1) is 7.11 Å². The van der Waals surface area contributed by atoms with Gasteiger partial charge in [-0.2, -0.15) is 0 Å². The number of benzene rings is 2. The van der Waals surface area contributed by atoms with E-state index in [0.717, 1.165) is 60.6 Å². The maximum atomic E-state index is 5.33. The Morgan fingerprint density at radius 2 is 1.68 bits per heavy atom. The summed E-state index contributed by atoms with van der Waals surface area (Å²) < 4.78 is 5.33. The van der Waals surface area contributed by atoms with Crippen LogP contribution in [0, 0.1) is 0 Å². The largest absolute Gasteiger partial charge is 0.497 e. The Kier molecular flexibility index (Phi) is 5.39. The molecular formula is C22H25N5O. The van der Waals surface area contributed by atoms with Crippen LogP contribution >= 0.6 is 0 Å². The Hall–Kier alpha value is -3.12. The summed E-state index contributed by atoms with van der Waals surface area (Å²) in [7, 11) is 3.82. The van der Waals surface area contributed by atoms with Gasteiger partial charge in [-0.25, -0.2) is 9.97 Å². The standard InChI is InChI=1S/C22H25N5O/c1-26-11-13-27(14-12-26)21-16-20(23-18-9-6-10-19(15-18)28-2)24-22(25-21)17-7-4-3-5-8-17/h3-10,15-16H,11-14H2,1-2H3,(H,23,24,25). The van der Waals surface area contributed by atoms with Gasteiger partial charge in [0.25, 0.3) is 0 Å². The molecule has 0 unspecified atom stereocenters. The molecule has 0 bridgehead atoms. The van der Waals surface area contributed by atoms with Crippen molar-refractivity contribution < 1.29 is 4.74 Å². The Morgan fingerprint density at radius 1 is 0.893 bits per heavy atom. The van der Waals surface area contributed by atoms with E-state index in [1.807, 2.05) is 60.7 Å². The Morgan fingerprint density at radius 3 is 2.43 bits per heavy atom. The van der Waals surface area contributed by atoms with E-state index in [4.69, 9.17) is 14.7 Å². The summed E-state index contributed by atoms with van der Waals surface area (Å²) in [6, 6.07) is 20.0. The fraction of sp³-hybridized carbons (Fsp3) is 0.273. The Balaban J connectivity index is 1.69. The summed E-state index contributed by atoms with van der Waals surface area (Å²) in [5.41, 5.74) is 1.94. The molecule has 2 aromatic carbocycles. The molecule has 28 heavy (non-hydrogen) atoms. The topological polar surface area (TPSA) is 53.5 Å². The zero-order valence-corrected chi connectivity index (χ0v) is 16.3. The molecule has 0 aliphatic carbocycles. The van der Waals surface area contributed by atoms with Crippen LogP contribution < -0.4 is 15.0 Å². The fourth-order valence-electron chi connectivity index (χ4n) is 3.26. The SMILES string of the molecule is COc1cccc(Nc2cc(N3CCN(C)CC3)nc(-c3ccccc3)n2)c1. The van der Waals surface area contributed by atoms with Crippen molar-refractivity contribution in [1.29, 1.82) is 0 Å². The van der Waals surface area contributed by atoms with Gasteiger partial charge in [0.15, 0.2) is 5.82 Å². The normalized spacial score (nSPS) is 14.7. The Labute approximate surface area is 165 Å². The van der Waals surface area contributed by atoms with Crippen molar-refractivity contribution >= 4 is 17.3 Å². The van der Waals surface area contributed by atoms with E-state index in [9.17, 15) is 0 Å². The van der Waals surface area contributed by atoms with Crippen molar-refractivity contribution in [3.8, 4) is 17.1 Å². The number of hydrogen-bond acceptors (Lipinski definition) is 6. The van der Waals surface area contributed by atoms with Gasteiger partial charge >= 0.3 is 0 Å². The second-order valence-corrected chi connectivity index (χ2v) is 6.95. The van der Waals surface area contributed by atoms with Crippen molar-refractivity contribution in [3.63, 3.8) is 0 Å². The molecule has 0 radical (unpaired) electrons. The lowest BCUT2D eigenvalue weighted by atomic mass is 10.2. The zero-order chi connectivity index (χ0) is 19.3. The second-order valence-electron chi connectivity index (χ2n) is 6.95. The van der Waals surface area contributed by atoms with Gasteiger partial charge in [0.2, 0.25) is 0 Å². The first-order valence-corrected chi connectivity index (χ1v) is 9.50. The molecule has 1 saturated heterocycles. The summed E-state index contributed by atoms with van der Waals surface area (Å²) in [6.45, 7) is 3.98.